The molecule has 1 amide bonds. The van der Waals surface area contributed by atoms with Gasteiger partial charge in [0.1, 0.15) is 6.23 Å². The van der Waals surface area contributed by atoms with Gasteiger partial charge in [-0.15, -0.1) is 0 Å². The smallest absolute Gasteiger partial charge is 0.244 e. The van der Waals surface area contributed by atoms with Crippen LogP contribution in [-0.2, 0) is 14.3 Å². The molecule has 2 heterocycles. The van der Waals surface area contributed by atoms with Crippen molar-refractivity contribution in [3.8, 4) is 0 Å². The lowest BCUT2D eigenvalue weighted by Gasteiger charge is -2.46. The summed E-state index contributed by atoms with van der Waals surface area (Å²) in [4.78, 5) is 26.5. The zero-order valence-corrected chi connectivity index (χ0v) is 10.3. The van der Waals surface area contributed by atoms with Crippen LogP contribution in [0.1, 0.15) is 20.3 Å². The SMILES string of the molecule is CC(=O)/C=C/N1CC(=O)N2[C@H](C)CCO[C@H]2C1. The van der Waals surface area contributed by atoms with Gasteiger partial charge in [0.15, 0.2) is 5.78 Å². The van der Waals surface area contributed by atoms with Crippen molar-refractivity contribution in [3.63, 3.8) is 0 Å². The Hall–Kier alpha value is -1.36. The Bertz CT molecular complexity index is 354. The molecule has 2 atom stereocenters. The number of carbonyl (C=O) groups is 2. The summed E-state index contributed by atoms with van der Waals surface area (Å²) in [6.45, 7) is 5.20. The number of amides is 1. The first-order chi connectivity index (χ1) is 8.08. The van der Waals surface area contributed by atoms with Crippen LogP contribution >= 0.6 is 0 Å². The molecule has 0 radical (unpaired) electrons. The van der Waals surface area contributed by atoms with E-state index in [0.717, 1.165) is 6.42 Å². The number of nitrogens with zero attached hydrogens (tertiary/aromatic N) is 2. The third-order valence-electron chi connectivity index (χ3n) is 3.17. The topological polar surface area (TPSA) is 49.9 Å². The van der Waals surface area contributed by atoms with E-state index in [1.807, 2.05) is 9.80 Å². The number of fused-ring (bicyclic) bond motifs is 1. The number of rotatable bonds is 2. The molecule has 94 valence electrons. The quantitative estimate of drug-likeness (QED) is 0.652. The number of allylic oxidation sites excluding steroid dienone is 1. The summed E-state index contributed by atoms with van der Waals surface area (Å²) in [6, 6.07) is 0.250. The fourth-order valence-corrected chi connectivity index (χ4v) is 2.27. The molecule has 0 saturated carbocycles. The molecule has 0 aromatic heterocycles. The van der Waals surface area contributed by atoms with Gasteiger partial charge in [-0.2, -0.15) is 0 Å². The Morgan fingerprint density at radius 2 is 2.29 bits per heavy atom. The van der Waals surface area contributed by atoms with Gasteiger partial charge >= 0.3 is 0 Å². The van der Waals surface area contributed by atoms with E-state index in [0.29, 0.717) is 19.7 Å². The maximum absolute atomic E-state index is 12.0. The molecule has 5 heteroatoms. The summed E-state index contributed by atoms with van der Waals surface area (Å²) in [5.74, 6) is 0.0551. The highest BCUT2D eigenvalue weighted by atomic mass is 16.5. The molecular formula is C12H18N2O3. The Labute approximate surface area is 101 Å². The maximum atomic E-state index is 12.0. The van der Waals surface area contributed by atoms with Crippen molar-refractivity contribution in [1.82, 2.24) is 9.80 Å². The van der Waals surface area contributed by atoms with E-state index in [1.165, 1.54) is 13.0 Å². The molecule has 0 unspecified atom stereocenters. The molecule has 0 bridgehead atoms. The van der Waals surface area contributed by atoms with Crippen molar-refractivity contribution in [2.45, 2.75) is 32.5 Å². The van der Waals surface area contributed by atoms with Gasteiger partial charge in [-0.1, -0.05) is 0 Å². The van der Waals surface area contributed by atoms with Crippen molar-refractivity contribution in [2.75, 3.05) is 19.7 Å². The molecule has 2 rings (SSSR count). The standard InChI is InChI=1S/C12H18N2O3/c1-9-4-6-17-12-8-13(5-3-10(2)15)7-11(16)14(9)12/h3,5,9,12H,4,6-8H2,1-2H3/b5-3+/t9-,12+/m1/s1. The average Bonchev–Trinajstić information content (AvgIpc) is 2.26. The predicted octanol–water partition coefficient (Wildman–Crippen LogP) is 0.368. The normalized spacial score (nSPS) is 29.6. The molecule has 0 aliphatic carbocycles. The van der Waals surface area contributed by atoms with E-state index in [1.54, 1.807) is 6.20 Å². The first-order valence-corrected chi connectivity index (χ1v) is 5.93. The van der Waals surface area contributed by atoms with Gasteiger partial charge in [0, 0.05) is 12.2 Å². The largest absolute Gasteiger partial charge is 0.364 e. The molecule has 2 aliphatic heterocycles. The van der Waals surface area contributed by atoms with Crippen molar-refractivity contribution in [2.24, 2.45) is 0 Å². The highest BCUT2D eigenvalue weighted by molar-refractivity contribution is 5.87. The summed E-state index contributed by atoms with van der Waals surface area (Å²) in [7, 11) is 0. The lowest BCUT2D eigenvalue weighted by atomic mass is 10.1. The highest BCUT2D eigenvalue weighted by Crippen LogP contribution is 2.22. The fourth-order valence-electron chi connectivity index (χ4n) is 2.27. The van der Waals surface area contributed by atoms with Crippen LogP contribution in [0.15, 0.2) is 12.3 Å². The van der Waals surface area contributed by atoms with Crippen LogP contribution in [0.4, 0.5) is 0 Å². The molecule has 0 aromatic carbocycles. The minimum absolute atomic E-state index is 0.0159. The lowest BCUT2D eigenvalue weighted by molar-refractivity contribution is -0.175. The second kappa shape index (κ2) is 4.87. The maximum Gasteiger partial charge on any atom is 0.244 e. The molecule has 0 aromatic rings. The van der Waals surface area contributed by atoms with Gasteiger partial charge in [0.05, 0.1) is 19.7 Å². The minimum atomic E-state index is -0.170. The monoisotopic (exact) mass is 238 g/mol. The van der Waals surface area contributed by atoms with Gasteiger partial charge in [-0.3, -0.25) is 9.59 Å². The van der Waals surface area contributed by atoms with Gasteiger partial charge in [-0.25, -0.2) is 0 Å². The lowest BCUT2D eigenvalue weighted by Crippen LogP contribution is -2.61. The van der Waals surface area contributed by atoms with E-state index in [2.05, 4.69) is 6.92 Å². The minimum Gasteiger partial charge on any atom is -0.364 e. The third-order valence-corrected chi connectivity index (χ3v) is 3.17. The van der Waals surface area contributed by atoms with E-state index in [-0.39, 0.29) is 24.0 Å². The molecule has 2 saturated heterocycles. The van der Waals surface area contributed by atoms with Crippen LogP contribution in [0.5, 0.6) is 0 Å². The molecule has 5 nitrogen and oxygen atoms in total. The van der Waals surface area contributed by atoms with Gasteiger partial charge in [0.25, 0.3) is 0 Å². The molecule has 2 aliphatic rings. The Morgan fingerprint density at radius 1 is 1.53 bits per heavy atom. The fraction of sp³-hybridized carbons (Fsp3) is 0.667. The molecule has 17 heavy (non-hydrogen) atoms. The first-order valence-electron chi connectivity index (χ1n) is 5.93. The molecule has 2 fully saturated rings. The molecule has 0 spiro atoms. The van der Waals surface area contributed by atoms with E-state index in [4.69, 9.17) is 4.74 Å². The summed E-state index contributed by atoms with van der Waals surface area (Å²) in [6.07, 6.45) is 3.89. The Kier molecular flexibility index (Phi) is 3.47. The predicted molar refractivity (Wildman–Crippen MR) is 62.1 cm³/mol. The van der Waals surface area contributed by atoms with E-state index >= 15 is 0 Å². The van der Waals surface area contributed by atoms with Crippen LogP contribution < -0.4 is 0 Å². The van der Waals surface area contributed by atoms with Crippen LogP contribution in [0.2, 0.25) is 0 Å². The highest BCUT2D eigenvalue weighted by Gasteiger charge is 2.37. The molecule has 0 N–H and O–H groups in total. The second-order valence-electron chi connectivity index (χ2n) is 4.62. The number of hydrogen-bond donors (Lipinski definition) is 0. The van der Waals surface area contributed by atoms with Crippen LogP contribution in [0, 0.1) is 0 Å². The number of piperazine rings is 1. The van der Waals surface area contributed by atoms with Gasteiger partial charge in [-0.05, 0) is 26.3 Å². The summed E-state index contributed by atoms with van der Waals surface area (Å²) in [5.41, 5.74) is 0. The summed E-state index contributed by atoms with van der Waals surface area (Å²) >= 11 is 0. The van der Waals surface area contributed by atoms with E-state index in [9.17, 15) is 9.59 Å². The number of carbonyl (C=O) groups excluding carboxylic acids is 2. The Balaban J connectivity index is 2.04. The Morgan fingerprint density at radius 3 is 3.00 bits per heavy atom. The van der Waals surface area contributed by atoms with Crippen molar-refractivity contribution >= 4 is 11.7 Å². The second-order valence-corrected chi connectivity index (χ2v) is 4.62. The number of hydrogen-bond acceptors (Lipinski definition) is 4. The average molecular weight is 238 g/mol. The van der Waals surface area contributed by atoms with Gasteiger partial charge < -0.3 is 14.5 Å². The number of ketones is 1. The summed E-state index contributed by atoms with van der Waals surface area (Å²) in [5, 5.41) is 0. The third kappa shape index (κ3) is 2.66. The van der Waals surface area contributed by atoms with Crippen molar-refractivity contribution in [3.05, 3.63) is 12.3 Å². The van der Waals surface area contributed by atoms with Crippen molar-refractivity contribution < 1.29 is 14.3 Å². The van der Waals surface area contributed by atoms with Crippen LogP contribution in [0.3, 0.4) is 0 Å². The summed E-state index contributed by atoms with van der Waals surface area (Å²) < 4.78 is 5.60. The van der Waals surface area contributed by atoms with Gasteiger partial charge in [0.2, 0.25) is 5.91 Å². The zero-order valence-electron chi connectivity index (χ0n) is 10.3. The van der Waals surface area contributed by atoms with E-state index < -0.39 is 0 Å². The molecular weight excluding hydrogens is 220 g/mol. The van der Waals surface area contributed by atoms with Crippen LogP contribution in [0.25, 0.3) is 0 Å². The zero-order chi connectivity index (χ0) is 12.4. The first kappa shape index (κ1) is 12.1. The van der Waals surface area contributed by atoms with Crippen molar-refractivity contribution in [1.29, 1.82) is 0 Å². The number of ether oxygens (including phenoxy) is 1. The van der Waals surface area contributed by atoms with Crippen LogP contribution in [-0.4, -0.2) is 53.5 Å².